The molecule has 0 aromatic heterocycles. The molecule has 0 fully saturated rings. The van der Waals surface area contributed by atoms with Gasteiger partial charge in [0.1, 0.15) is 0 Å². The summed E-state index contributed by atoms with van der Waals surface area (Å²) in [5, 5.41) is 2.66. The van der Waals surface area contributed by atoms with E-state index in [1.54, 1.807) is 7.05 Å². The number of carbonyl (C=O) groups is 3. The highest BCUT2D eigenvalue weighted by Crippen LogP contribution is 2.40. The third-order valence-electron chi connectivity index (χ3n) is 3.38. The Morgan fingerprint density at radius 3 is 2.14 bits per heavy atom. The van der Waals surface area contributed by atoms with E-state index in [9.17, 15) is 27.4 Å². The fourth-order valence-corrected chi connectivity index (χ4v) is 7.11. The molecule has 0 unspecified atom stereocenters. The van der Waals surface area contributed by atoms with Crippen LogP contribution in [0.4, 0.5) is 11.4 Å². The highest BCUT2D eigenvalue weighted by molar-refractivity contribution is 14.1. The zero-order valence-corrected chi connectivity index (χ0v) is 22.3. The van der Waals surface area contributed by atoms with E-state index in [1.165, 1.54) is 18.7 Å². The number of hydrogen-bond donors (Lipinski definition) is 1. The molecular formula is C15H16I3N2O7S-. The molecule has 156 valence electrons. The highest BCUT2D eigenvalue weighted by Gasteiger charge is 2.28. The number of halogens is 3. The SMILES string of the molecule is CC(=O)Nc1c(I)c(C(=O)OCCCS(=O)(=O)[O-])c(I)c(N(C)C(C)=O)c1I. The molecule has 28 heavy (non-hydrogen) atoms. The third kappa shape index (κ3) is 6.91. The second-order valence-corrected chi connectivity index (χ2v) is 10.3. The molecule has 1 rings (SSSR count). The van der Waals surface area contributed by atoms with Crippen molar-refractivity contribution in [3.05, 3.63) is 16.3 Å². The molecule has 0 aliphatic rings. The standard InChI is InChI=1S/C15H17I3N2O7S/c1-7(21)19-13-10(16)9(15(23)27-5-4-6-28(24,25)26)11(17)14(12(13)18)20(3)8(2)22/h4-6H2,1-3H3,(H,19,21)(H,24,25,26)/p-1. The van der Waals surface area contributed by atoms with Crippen molar-refractivity contribution >= 4 is 107 Å². The highest BCUT2D eigenvalue weighted by atomic mass is 127. The number of ether oxygens (including phenoxy) is 1. The van der Waals surface area contributed by atoms with Crippen LogP contribution in [-0.4, -0.2) is 50.2 Å². The Morgan fingerprint density at radius 2 is 1.68 bits per heavy atom. The average molecular weight is 749 g/mol. The Morgan fingerprint density at radius 1 is 1.11 bits per heavy atom. The summed E-state index contributed by atoms with van der Waals surface area (Å²) in [5.41, 5.74) is 0.941. The molecule has 2 amide bonds. The number of anilines is 2. The van der Waals surface area contributed by atoms with Crippen LogP contribution in [0.15, 0.2) is 0 Å². The molecule has 13 heteroatoms. The first-order valence-corrected chi connectivity index (χ1v) is 12.4. The summed E-state index contributed by atoms with van der Waals surface area (Å²) in [6.45, 7) is 2.43. The summed E-state index contributed by atoms with van der Waals surface area (Å²) in [4.78, 5) is 37.5. The Labute approximate surface area is 203 Å². The number of rotatable bonds is 7. The predicted molar refractivity (Wildman–Crippen MR) is 127 cm³/mol. The van der Waals surface area contributed by atoms with Gasteiger partial charge in [-0.1, -0.05) is 0 Å². The van der Waals surface area contributed by atoms with Gasteiger partial charge < -0.3 is 19.5 Å². The van der Waals surface area contributed by atoms with Crippen LogP contribution in [0.25, 0.3) is 0 Å². The lowest BCUT2D eigenvalue weighted by Gasteiger charge is -2.24. The van der Waals surface area contributed by atoms with Crippen LogP contribution in [0.1, 0.15) is 30.6 Å². The number of esters is 1. The topological polar surface area (TPSA) is 133 Å². The second kappa shape index (κ2) is 10.7. The van der Waals surface area contributed by atoms with Crippen LogP contribution in [0, 0.1) is 10.7 Å². The molecule has 0 saturated carbocycles. The summed E-state index contributed by atoms with van der Waals surface area (Å²) in [7, 11) is -2.85. The molecule has 1 aromatic carbocycles. The average Bonchev–Trinajstić information content (AvgIpc) is 2.54. The monoisotopic (exact) mass is 749 g/mol. The van der Waals surface area contributed by atoms with Crippen molar-refractivity contribution in [3.63, 3.8) is 0 Å². The van der Waals surface area contributed by atoms with Crippen LogP contribution in [0.5, 0.6) is 0 Å². The Balaban J connectivity index is 3.39. The maximum absolute atomic E-state index is 12.6. The summed E-state index contributed by atoms with van der Waals surface area (Å²) in [5.74, 6) is -2.02. The summed E-state index contributed by atoms with van der Waals surface area (Å²) in [6.07, 6.45) is -0.131. The molecule has 0 spiro atoms. The van der Waals surface area contributed by atoms with Gasteiger partial charge in [-0.2, -0.15) is 0 Å². The van der Waals surface area contributed by atoms with Gasteiger partial charge in [0.05, 0.1) is 44.4 Å². The van der Waals surface area contributed by atoms with Gasteiger partial charge in [0.15, 0.2) is 0 Å². The van der Waals surface area contributed by atoms with E-state index in [0.717, 1.165) is 0 Å². The normalized spacial score (nSPS) is 11.1. The molecule has 1 N–H and O–H groups in total. The van der Waals surface area contributed by atoms with Crippen molar-refractivity contribution in [2.45, 2.75) is 20.3 Å². The van der Waals surface area contributed by atoms with Gasteiger partial charge in [0.2, 0.25) is 11.8 Å². The largest absolute Gasteiger partial charge is 0.748 e. The molecule has 1 aromatic rings. The summed E-state index contributed by atoms with van der Waals surface area (Å²) in [6, 6.07) is 0. The second-order valence-electron chi connectivity index (χ2n) is 5.55. The van der Waals surface area contributed by atoms with Crippen molar-refractivity contribution in [2.75, 3.05) is 29.6 Å². The van der Waals surface area contributed by atoms with Crippen molar-refractivity contribution in [2.24, 2.45) is 0 Å². The van der Waals surface area contributed by atoms with E-state index in [1.807, 2.05) is 67.8 Å². The van der Waals surface area contributed by atoms with Crippen molar-refractivity contribution in [3.8, 4) is 0 Å². The van der Waals surface area contributed by atoms with Gasteiger partial charge in [-0.15, -0.1) is 0 Å². The lowest BCUT2D eigenvalue weighted by molar-refractivity contribution is -0.116. The molecule has 0 heterocycles. The minimum Gasteiger partial charge on any atom is -0.748 e. The van der Waals surface area contributed by atoms with Crippen LogP contribution in [0.3, 0.4) is 0 Å². The van der Waals surface area contributed by atoms with Crippen molar-refractivity contribution in [1.29, 1.82) is 0 Å². The van der Waals surface area contributed by atoms with Gasteiger partial charge >= 0.3 is 5.97 Å². The van der Waals surface area contributed by atoms with Crippen LogP contribution in [-0.2, 0) is 24.4 Å². The first-order chi connectivity index (χ1) is 12.8. The van der Waals surface area contributed by atoms with E-state index in [-0.39, 0.29) is 30.4 Å². The first kappa shape index (κ1) is 25.8. The van der Waals surface area contributed by atoms with E-state index in [0.29, 0.717) is 22.1 Å². The molecule has 9 nitrogen and oxygen atoms in total. The molecular weight excluding hydrogens is 733 g/mol. The number of carbonyl (C=O) groups excluding carboxylic acids is 3. The molecule has 0 atom stereocenters. The molecule has 0 saturated heterocycles. The van der Waals surface area contributed by atoms with Crippen LogP contribution in [0.2, 0.25) is 0 Å². The summed E-state index contributed by atoms with van der Waals surface area (Å²) >= 11 is 5.80. The van der Waals surface area contributed by atoms with Crippen LogP contribution < -0.4 is 10.2 Å². The zero-order valence-electron chi connectivity index (χ0n) is 15.0. The number of nitrogens with zero attached hydrogens (tertiary/aromatic N) is 1. The molecule has 0 radical (unpaired) electrons. The maximum atomic E-state index is 12.6. The molecule has 0 aliphatic heterocycles. The Kier molecular flexibility index (Phi) is 9.82. The maximum Gasteiger partial charge on any atom is 0.340 e. The third-order valence-corrected chi connectivity index (χ3v) is 7.35. The number of nitrogens with one attached hydrogen (secondary N) is 1. The zero-order chi connectivity index (χ0) is 21.8. The van der Waals surface area contributed by atoms with Gasteiger partial charge in [-0.05, 0) is 74.2 Å². The van der Waals surface area contributed by atoms with Crippen molar-refractivity contribution in [1.82, 2.24) is 0 Å². The first-order valence-electron chi connectivity index (χ1n) is 7.61. The van der Waals surface area contributed by atoms with E-state index in [4.69, 9.17) is 4.74 Å². The quantitative estimate of drug-likeness (QED) is 0.196. The van der Waals surface area contributed by atoms with Crippen molar-refractivity contribution < 1.29 is 32.1 Å². The minimum absolute atomic E-state index is 0.131. The fourth-order valence-electron chi connectivity index (χ4n) is 2.04. The van der Waals surface area contributed by atoms with Crippen LogP contribution >= 0.6 is 67.8 Å². The van der Waals surface area contributed by atoms with E-state index in [2.05, 4.69) is 5.32 Å². The number of hydrogen-bond acceptors (Lipinski definition) is 7. The van der Waals surface area contributed by atoms with Gasteiger partial charge in [-0.25, -0.2) is 13.2 Å². The molecule has 0 aliphatic carbocycles. The predicted octanol–water partition coefficient (Wildman–Crippen LogP) is 2.53. The van der Waals surface area contributed by atoms with E-state index < -0.39 is 21.8 Å². The fraction of sp³-hybridized carbons (Fsp3) is 0.400. The lowest BCUT2D eigenvalue weighted by atomic mass is 10.1. The number of benzene rings is 1. The number of amides is 2. The lowest BCUT2D eigenvalue weighted by Crippen LogP contribution is -2.27. The van der Waals surface area contributed by atoms with Gasteiger partial charge in [0.25, 0.3) is 0 Å². The summed E-state index contributed by atoms with van der Waals surface area (Å²) < 4.78 is 38.5. The molecule has 0 bridgehead atoms. The smallest absolute Gasteiger partial charge is 0.340 e. The van der Waals surface area contributed by atoms with Gasteiger partial charge in [-0.3, -0.25) is 9.59 Å². The van der Waals surface area contributed by atoms with Gasteiger partial charge in [0, 0.05) is 26.6 Å². The Hall–Kier alpha value is -0.270. The minimum atomic E-state index is -4.39. The Bertz CT molecular complexity index is 919. The van der Waals surface area contributed by atoms with E-state index >= 15 is 0 Å².